The first-order valence-corrected chi connectivity index (χ1v) is 19.9. The van der Waals surface area contributed by atoms with Crippen molar-refractivity contribution in [3.63, 3.8) is 0 Å². The van der Waals surface area contributed by atoms with E-state index in [4.69, 9.17) is 9.97 Å². The minimum atomic E-state index is 0.693. The van der Waals surface area contributed by atoms with Gasteiger partial charge in [-0.25, -0.2) is 9.97 Å². The van der Waals surface area contributed by atoms with Gasteiger partial charge in [0.15, 0.2) is 0 Å². The van der Waals surface area contributed by atoms with Crippen molar-refractivity contribution in [1.82, 2.24) is 9.97 Å². The average Bonchev–Trinajstić information content (AvgIpc) is 3.31. The minimum absolute atomic E-state index is 0.693. The first-order valence-electron chi connectivity index (χ1n) is 19.9. The van der Waals surface area contributed by atoms with Crippen molar-refractivity contribution >= 4 is 46.3 Å². The molecule has 0 spiro atoms. The summed E-state index contributed by atoms with van der Waals surface area (Å²) in [7, 11) is 0. The van der Waals surface area contributed by atoms with Gasteiger partial charge in [0.25, 0.3) is 0 Å². The molecule has 4 nitrogen and oxygen atoms in total. The lowest BCUT2D eigenvalue weighted by Gasteiger charge is -2.26. The van der Waals surface area contributed by atoms with Gasteiger partial charge in [0.2, 0.25) is 0 Å². The molecule has 0 saturated heterocycles. The average molecular weight is 739 g/mol. The van der Waals surface area contributed by atoms with Crippen LogP contribution in [0.2, 0.25) is 0 Å². The van der Waals surface area contributed by atoms with Crippen LogP contribution in [-0.2, 0) is 0 Å². The number of hydrogen-bond donors (Lipinski definition) is 0. The summed E-state index contributed by atoms with van der Waals surface area (Å²) in [6, 6.07) is 58.6. The monoisotopic (exact) mass is 738 g/mol. The van der Waals surface area contributed by atoms with E-state index in [2.05, 4.69) is 169 Å². The smallest absolute Gasteiger partial charge is 0.0973 e. The molecular weight excluding hydrogens is 681 g/mol. The Morgan fingerprint density at radius 1 is 0.321 bits per heavy atom. The molecule has 0 radical (unpaired) electrons. The molecule has 0 aliphatic heterocycles. The van der Waals surface area contributed by atoms with Gasteiger partial charge in [-0.2, -0.15) is 0 Å². The quantitative estimate of drug-likeness (QED) is 0.140. The van der Waals surface area contributed by atoms with Gasteiger partial charge in [0.05, 0.1) is 22.8 Å². The van der Waals surface area contributed by atoms with Gasteiger partial charge in [0.1, 0.15) is 0 Å². The molecule has 0 amide bonds. The van der Waals surface area contributed by atoms with Crippen molar-refractivity contribution in [2.45, 2.75) is 55.4 Å². The highest BCUT2D eigenvalue weighted by Gasteiger charge is 2.18. The molecule has 56 heavy (non-hydrogen) atoms. The molecule has 0 unspecified atom stereocenters. The number of nitrogens with zero attached hydrogens (tertiary/aromatic N) is 4. The van der Waals surface area contributed by atoms with Crippen LogP contribution in [0.3, 0.4) is 0 Å². The molecule has 0 bridgehead atoms. The Kier molecular flexibility index (Phi) is 18.8. The second kappa shape index (κ2) is 24.0. The van der Waals surface area contributed by atoms with E-state index >= 15 is 0 Å². The van der Waals surface area contributed by atoms with E-state index in [-0.39, 0.29) is 0 Å². The summed E-state index contributed by atoms with van der Waals surface area (Å²) in [6.07, 6.45) is 3.47. The third-order valence-corrected chi connectivity index (χ3v) is 8.19. The zero-order valence-corrected chi connectivity index (χ0v) is 34.5. The van der Waals surface area contributed by atoms with Crippen molar-refractivity contribution in [2.75, 3.05) is 9.80 Å². The topological polar surface area (TPSA) is 32.3 Å². The van der Waals surface area contributed by atoms with Gasteiger partial charge in [-0.15, -0.1) is 0 Å². The van der Waals surface area contributed by atoms with Crippen molar-refractivity contribution in [1.29, 1.82) is 0 Å². The summed E-state index contributed by atoms with van der Waals surface area (Å²) in [6.45, 7) is 24.0. The number of rotatable bonds is 10. The third kappa shape index (κ3) is 10.8. The molecule has 0 aliphatic rings. The molecule has 7 aromatic rings. The molecule has 6 aromatic carbocycles. The Morgan fingerprint density at radius 3 is 0.750 bits per heavy atom. The first kappa shape index (κ1) is 43.9. The van der Waals surface area contributed by atoms with Gasteiger partial charge < -0.3 is 9.80 Å². The maximum Gasteiger partial charge on any atom is 0.0973 e. The first-order chi connectivity index (χ1) is 27.7. The third-order valence-electron chi connectivity index (χ3n) is 8.19. The molecule has 4 heteroatoms. The van der Waals surface area contributed by atoms with Crippen LogP contribution in [0.5, 0.6) is 0 Å². The standard InChI is InChI=1S/C44H34N4.4C2H6/c1-3-41-42(4-2)46-44(34-27-31-40(32-28-34)48(37-21-13-7-14-22-37)38-23-15-8-16-24-38)43(45-41)33-25-29-39(30-26-33)47(35-17-9-5-10-18-35)36-19-11-6-12-20-36;4*1-2/h3-32H,1-2H2;4*1-2H3. The highest BCUT2D eigenvalue weighted by Crippen LogP contribution is 2.39. The number of aromatic nitrogens is 2. The second-order valence-electron chi connectivity index (χ2n) is 11.2. The van der Waals surface area contributed by atoms with Crippen LogP contribution in [0.4, 0.5) is 34.1 Å². The lowest BCUT2D eigenvalue weighted by molar-refractivity contribution is 1.17. The molecule has 0 saturated carbocycles. The van der Waals surface area contributed by atoms with E-state index in [0.717, 1.165) is 56.6 Å². The Bertz CT molecular complexity index is 1890. The molecule has 286 valence electrons. The number of para-hydroxylation sites is 4. The fourth-order valence-electron chi connectivity index (χ4n) is 5.90. The SMILES string of the molecule is C=Cc1nc(-c2ccc(N(c3ccccc3)c3ccccc3)cc2)c(-c2ccc(N(c3ccccc3)c3ccccc3)cc2)nc1C=C.CC.CC.CC.CC. The van der Waals surface area contributed by atoms with E-state index in [0.29, 0.717) is 11.4 Å². The maximum atomic E-state index is 5.08. The lowest BCUT2D eigenvalue weighted by atomic mass is 10.0. The minimum Gasteiger partial charge on any atom is -0.311 e. The van der Waals surface area contributed by atoms with Crippen molar-refractivity contribution in [3.05, 3.63) is 194 Å². The fraction of sp³-hybridized carbons (Fsp3) is 0.154. The van der Waals surface area contributed by atoms with Crippen LogP contribution in [0.15, 0.2) is 183 Å². The normalized spacial score (nSPS) is 9.57. The van der Waals surface area contributed by atoms with E-state index in [1.807, 2.05) is 79.7 Å². The van der Waals surface area contributed by atoms with Gasteiger partial charge in [0, 0.05) is 45.3 Å². The molecule has 1 aromatic heterocycles. The van der Waals surface area contributed by atoms with Gasteiger partial charge in [-0.05, 0) is 84.9 Å². The van der Waals surface area contributed by atoms with E-state index in [1.165, 1.54) is 0 Å². The predicted molar refractivity (Wildman–Crippen MR) is 248 cm³/mol. The predicted octanol–water partition coefficient (Wildman–Crippen LogP) is 16.1. The van der Waals surface area contributed by atoms with E-state index < -0.39 is 0 Å². The highest BCUT2D eigenvalue weighted by molar-refractivity contribution is 5.84. The molecule has 0 N–H and O–H groups in total. The van der Waals surface area contributed by atoms with Crippen LogP contribution in [0.25, 0.3) is 34.7 Å². The summed E-state index contributed by atoms with van der Waals surface area (Å²) in [5, 5.41) is 0. The molecule has 0 atom stereocenters. The number of hydrogen-bond acceptors (Lipinski definition) is 4. The van der Waals surface area contributed by atoms with Crippen LogP contribution >= 0.6 is 0 Å². The number of anilines is 6. The summed E-state index contributed by atoms with van der Waals surface area (Å²) in [4.78, 5) is 14.6. The van der Waals surface area contributed by atoms with Gasteiger partial charge in [-0.3, -0.25) is 0 Å². The van der Waals surface area contributed by atoms with E-state index in [1.54, 1.807) is 12.2 Å². The Morgan fingerprint density at radius 2 is 0.536 bits per heavy atom. The number of benzene rings is 6. The molecule has 0 aliphatic carbocycles. The van der Waals surface area contributed by atoms with Crippen LogP contribution in [0.1, 0.15) is 66.8 Å². The van der Waals surface area contributed by atoms with E-state index in [9.17, 15) is 0 Å². The zero-order valence-electron chi connectivity index (χ0n) is 34.5. The highest BCUT2D eigenvalue weighted by atomic mass is 15.1. The van der Waals surface area contributed by atoms with Gasteiger partial charge in [-0.1, -0.05) is 166 Å². The molecule has 7 rings (SSSR count). The van der Waals surface area contributed by atoms with Gasteiger partial charge >= 0.3 is 0 Å². The Labute approximate surface area is 337 Å². The van der Waals surface area contributed by atoms with Crippen LogP contribution in [-0.4, -0.2) is 9.97 Å². The largest absolute Gasteiger partial charge is 0.311 e. The maximum absolute atomic E-state index is 5.08. The summed E-state index contributed by atoms with van der Waals surface area (Å²) < 4.78 is 0. The van der Waals surface area contributed by atoms with Crippen molar-refractivity contribution in [3.8, 4) is 22.5 Å². The molecule has 0 fully saturated rings. The van der Waals surface area contributed by atoms with Crippen molar-refractivity contribution < 1.29 is 0 Å². The zero-order chi connectivity index (χ0) is 40.7. The summed E-state index contributed by atoms with van der Waals surface area (Å²) >= 11 is 0. The Hall–Kier alpha value is -6.52. The van der Waals surface area contributed by atoms with Crippen LogP contribution < -0.4 is 9.80 Å². The van der Waals surface area contributed by atoms with Crippen LogP contribution in [0, 0.1) is 0 Å². The fourth-order valence-corrected chi connectivity index (χ4v) is 5.90. The molecular formula is C52H58N4. The van der Waals surface area contributed by atoms with Crippen molar-refractivity contribution in [2.24, 2.45) is 0 Å². The second-order valence-corrected chi connectivity index (χ2v) is 11.2. The summed E-state index contributed by atoms with van der Waals surface area (Å²) in [5.41, 5.74) is 11.3. The Balaban J connectivity index is 0.000000989. The summed E-state index contributed by atoms with van der Waals surface area (Å²) in [5.74, 6) is 0. The lowest BCUT2D eigenvalue weighted by Crippen LogP contribution is -2.09. The molecule has 1 heterocycles.